The van der Waals surface area contributed by atoms with Crippen molar-refractivity contribution in [2.75, 3.05) is 32.7 Å². The van der Waals surface area contributed by atoms with Gasteiger partial charge in [0, 0.05) is 32.7 Å². The number of hydrogen-bond donors (Lipinski definition) is 1. The van der Waals surface area contributed by atoms with Crippen molar-refractivity contribution in [3.8, 4) is 0 Å². The summed E-state index contributed by atoms with van der Waals surface area (Å²) < 4.78 is 5.17. The smallest absolute Gasteiger partial charge is 0.289 e. The lowest BCUT2D eigenvalue weighted by molar-refractivity contribution is -0.145. The van der Waals surface area contributed by atoms with Gasteiger partial charge in [-0.25, -0.2) is 0 Å². The minimum Gasteiger partial charge on any atom is -0.459 e. The first kappa shape index (κ1) is 19.7. The van der Waals surface area contributed by atoms with Crippen LogP contribution >= 0.6 is 0 Å². The van der Waals surface area contributed by atoms with E-state index in [9.17, 15) is 14.4 Å². The maximum absolute atomic E-state index is 13.0. The van der Waals surface area contributed by atoms with Crippen LogP contribution < -0.4 is 5.32 Å². The van der Waals surface area contributed by atoms with Crippen LogP contribution in [0.1, 0.15) is 55.5 Å². The van der Waals surface area contributed by atoms with Crippen molar-refractivity contribution < 1.29 is 18.8 Å². The third-order valence-corrected chi connectivity index (χ3v) is 6.30. The molecule has 0 bridgehead atoms. The Balaban J connectivity index is 1.26. The molecule has 3 aliphatic rings. The normalized spacial score (nSPS) is 20.8. The lowest BCUT2D eigenvalue weighted by Gasteiger charge is -2.36. The van der Waals surface area contributed by atoms with Crippen molar-refractivity contribution >= 4 is 17.7 Å². The van der Waals surface area contributed by atoms with Gasteiger partial charge >= 0.3 is 0 Å². The summed E-state index contributed by atoms with van der Waals surface area (Å²) in [6.07, 6.45) is 10.6. The molecule has 0 aromatic carbocycles. The Labute approximate surface area is 171 Å². The van der Waals surface area contributed by atoms with E-state index in [0.717, 1.165) is 19.3 Å². The fourth-order valence-electron chi connectivity index (χ4n) is 4.27. The summed E-state index contributed by atoms with van der Waals surface area (Å²) in [4.78, 5) is 41.5. The highest BCUT2D eigenvalue weighted by Gasteiger charge is 2.58. The van der Waals surface area contributed by atoms with Crippen LogP contribution in [0.2, 0.25) is 0 Å². The zero-order valence-electron chi connectivity index (χ0n) is 16.8. The number of carbonyl (C=O) groups is 3. The fraction of sp³-hybridized carbons (Fsp3) is 0.591. The topological polar surface area (TPSA) is 82.9 Å². The number of carbonyl (C=O) groups excluding carboxylic acids is 3. The molecule has 29 heavy (non-hydrogen) atoms. The standard InChI is InChI=1S/C22H29N3O4/c26-19(18-7-4-16-29-18)24-12-14-25(15-13-24)21(28)22(9-10-22)20(27)23-11-8-17-5-2-1-3-6-17/h4-5,7,16H,1-3,6,8-15H2,(H,23,27). The largest absolute Gasteiger partial charge is 0.459 e. The van der Waals surface area contributed by atoms with Crippen LogP contribution in [0.25, 0.3) is 0 Å². The molecule has 1 aromatic heterocycles. The molecule has 4 rings (SSSR count). The average Bonchev–Trinajstić information content (AvgIpc) is 3.40. The maximum atomic E-state index is 13.0. The van der Waals surface area contributed by atoms with Gasteiger partial charge in [0.05, 0.1) is 6.26 Å². The number of nitrogens with zero attached hydrogens (tertiary/aromatic N) is 2. The zero-order chi connectivity index (χ0) is 20.3. The predicted octanol–water partition coefficient (Wildman–Crippen LogP) is 2.35. The lowest BCUT2D eigenvalue weighted by Crippen LogP contribution is -2.54. The van der Waals surface area contributed by atoms with Crippen molar-refractivity contribution in [2.24, 2.45) is 5.41 Å². The summed E-state index contributed by atoms with van der Waals surface area (Å²) in [5, 5.41) is 2.99. The van der Waals surface area contributed by atoms with Crippen molar-refractivity contribution in [1.29, 1.82) is 0 Å². The van der Waals surface area contributed by atoms with Crippen LogP contribution in [0, 0.1) is 5.41 Å². The van der Waals surface area contributed by atoms with Gasteiger partial charge in [-0.15, -0.1) is 0 Å². The number of allylic oxidation sites excluding steroid dienone is 1. The number of furan rings is 1. The Morgan fingerprint density at radius 1 is 1.07 bits per heavy atom. The molecule has 1 N–H and O–H groups in total. The van der Waals surface area contributed by atoms with Gasteiger partial charge in [-0.3, -0.25) is 14.4 Å². The maximum Gasteiger partial charge on any atom is 0.289 e. The molecule has 1 aliphatic heterocycles. The van der Waals surface area contributed by atoms with Crippen LogP contribution in [-0.2, 0) is 9.59 Å². The van der Waals surface area contributed by atoms with Gasteiger partial charge in [0.2, 0.25) is 11.8 Å². The Bertz CT molecular complexity index is 787. The van der Waals surface area contributed by atoms with Crippen LogP contribution in [0.5, 0.6) is 0 Å². The number of piperazine rings is 1. The van der Waals surface area contributed by atoms with Crippen molar-refractivity contribution in [1.82, 2.24) is 15.1 Å². The molecule has 2 heterocycles. The summed E-state index contributed by atoms with van der Waals surface area (Å²) in [6, 6.07) is 3.33. The highest BCUT2D eigenvalue weighted by atomic mass is 16.3. The van der Waals surface area contributed by atoms with Gasteiger partial charge in [0.1, 0.15) is 5.41 Å². The Morgan fingerprint density at radius 3 is 2.45 bits per heavy atom. The van der Waals surface area contributed by atoms with Gasteiger partial charge < -0.3 is 19.5 Å². The molecular formula is C22H29N3O4. The van der Waals surface area contributed by atoms with E-state index >= 15 is 0 Å². The molecule has 1 aromatic rings. The van der Waals surface area contributed by atoms with Gasteiger partial charge in [-0.1, -0.05) is 11.6 Å². The van der Waals surface area contributed by atoms with Gasteiger partial charge in [0.25, 0.3) is 5.91 Å². The third-order valence-electron chi connectivity index (χ3n) is 6.30. The Hall–Kier alpha value is -2.57. The third kappa shape index (κ3) is 4.23. The van der Waals surface area contributed by atoms with Gasteiger partial charge in [-0.05, 0) is 57.1 Å². The van der Waals surface area contributed by atoms with E-state index in [1.807, 2.05) is 0 Å². The number of amides is 3. The van der Waals surface area contributed by atoms with E-state index in [2.05, 4.69) is 11.4 Å². The van der Waals surface area contributed by atoms with Gasteiger partial charge in [-0.2, -0.15) is 0 Å². The summed E-state index contributed by atoms with van der Waals surface area (Å²) in [7, 11) is 0. The first-order valence-electron chi connectivity index (χ1n) is 10.7. The number of nitrogens with one attached hydrogen (secondary N) is 1. The van der Waals surface area contributed by atoms with Crippen molar-refractivity contribution in [3.05, 3.63) is 35.8 Å². The molecule has 156 valence electrons. The second-order valence-corrected chi connectivity index (χ2v) is 8.26. The SMILES string of the molecule is O=C(c1ccco1)N1CCN(C(=O)C2(C(=O)NCCC3=CCCCC3)CC2)CC1. The molecule has 0 atom stereocenters. The molecule has 7 heteroatoms. The minimum atomic E-state index is -0.881. The molecular weight excluding hydrogens is 370 g/mol. The van der Waals surface area contributed by atoms with E-state index < -0.39 is 5.41 Å². The van der Waals surface area contributed by atoms with Crippen LogP contribution in [0.15, 0.2) is 34.5 Å². The highest BCUT2D eigenvalue weighted by Crippen LogP contribution is 2.47. The minimum absolute atomic E-state index is 0.0861. The van der Waals surface area contributed by atoms with Crippen LogP contribution in [-0.4, -0.2) is 60.2 Å². The lowest BCUT2D eigenvalue weighted by atomic mass is 9.97. The zero-order valence-corrected chi connectivity index (χ0v) is 16.8. The van der Waals surface area contributed by atoms with Crippen molar-refractivity contribution in [3.63, 3.8) is 0 Å². The van der Waals surface area contributed by atoms with Crippen LogP contribution in [0.3, 0.4) is 0 Å². The molecule has 7 nitrogen and oxygen atoms in total. The molecule has 0 spiro atoms. The summed E-state index contributed by atoms with van der Waals surface area (Å²) in [5.74, 6) is -0.0566. The quantitative estimate of drug-likeness (QED) is 0.588. The van der Waals surface area contributed by atoms with E-state index in [4.69, 9.17) is 4.42 Å². The molecule has 2 aliphatic carbocycles. The molecule has 2 fully saturated rings. The molecule has 1 saturated carbocycles. The van der Waals surface area contributed by atoms with E-state index in [0.29, 0.717) is 51.3 Å². The highest BCUT2D eigenvalue weighted by molar-refractivity contribution is 6.08. The van der Waals surface area contributed by atoms with Gasteiger partial charge in [0.15, 0.2) is 5.76 Å². The molecule has 0 radical (unpaired) electrons. The van der Waals surface area contributed by atoms with E-state index in [1.54, 1.807) is 21.9 Å². The summed E-state index contributed by atoms with van der Waals surface area (Å²) >= 11 is 0. The fourth-order valence-corrected chi connectivity index (χ4v) is 4.27. The second kappa shape index (κ2) is 8.43. The van der Waals surface area contributed by atoms with E-state index in [-0.39, 0.29) is 17.7 Å². The first-order valence-corrected chi connectivity index (χ1v) is 10.7. The first-order chi connectivity index (χ1) is 14.1. The molecule has 3 amide bonds. The number of hydrogen-bond acceptors (Lipinski definition) is 4. The Kier molecular flexibility index (Phi) is 5.74. The van der Waals surface area contributed by atoms with Crippen molar-refractivity contribution in [2.45, 2.75) is 44.9 Å². The molecule has 0 unspecified atom stereocenters. The van der Waals surface area contributed by atoms with Crippen LogP contribution in [0.4, 0.5) is 0 Å². The van der Waals surface area contributed by atoms with E-state index in [1.165, 1.54) is 24.7 Å². The average molecular weight is 399 g/mol. The monoisotopic (exact) mass is 399 g/mol. The summed E-state index contributed by atoms with van der Waals surface area (Å²) in [5.41, 5.74) is 0.541. The molecule has 1 saturated heterocycles. The number of rotatable bonds is 6. The Morgan fingerprint density at radius 2 is 1.83 bits per heavy atom. The predicted molar refractivity (Wildman–Crippen MR) is 107 cm³/mol. The summed E-state index contributed by atoms with van der Waals surface area (Å²) in [6.45, 7) is 2.42. The second-order valence-electron chi connectivity index (χ2n) is 8.26.